The molecule has 0 unspecified atom stereocenters. The predicted molar refractivity (Wildman–Crippen MR) is 79.3 cm³/mol. The normalized spacial score (nSPS) is 18.9. The number of aromatic nitrogens is 1. The lowest BCUT2D eigenvalue weighted by atomic mass is 10.2. The zero-order chi connectivity index (χ0) is 13.2. The molecule has 0 radical (unpaired) electrons. The van der Waals surface area contributed by atoms with E-state index < -0.39 is 0 Å². The second-order valence-corrected chi connectivity index (χ2v) is 6.37. The van der Waals surface area contributed by atoms with Gasteiger partial charge in [0.1, 0.15) is 0 Å². The molecule has 19 heavy (non-hydrogen) atoms. The molecule has 104 valence electrons. The maximum Gasteiger partial charge on any atom is 0.0445 e. The highest BCUT2D eigenvalue weighted by Crippen LogP contribution is 2.38. The monoisotopic (exact) mass is 259 g/mol. The van der Waals surface area contributed by atoms with Crippen molar-refractivity contribution < 1.29 is 0 Å². The Labute approximate surface area is 116 Å². The zero-order valence-electron chi connectivity index (χ0n) is 12.1. The van der Waals surface area contributed by atoms with Crippen molar-refractivity contribution in [3.8, 4) is 0 Å². The maximum absolute atomic E-state index is 4.31. The molecule has 0 aromatic carbocycles. The van der Waals surface area contributed by atoms with Gasteiger partial charge in [0.2, 0.25) is 0 Å². The first-order chi connectivity index (χ1) is 9.24. The van der Waals surface area contributed by atoms with Crippen LogP contribution in [0.1, 0.15) is 45.1 Å². The van der Waals surface area contributed by atoms with Crippen molar-refractivity contribution >= 4 is 5.69 Å². The summed E-state index contributed by atoms with van der Waals surface area (Å²) in [5.74, 6) is 0.944. The lowest BCUT2D eigenvalue weighted by Crippen LogP contribution is -2.30. The molecule has 3 heteroatoms. The van der Waals surface area contributed by atoms with Crippen molar-refractivity contribution in [1.29, 1.82) is 0 Å². The summed E-state index contributed by atoms with van der Waals surface area (Å²) < 4.78 is 0. The van der Waals surface area contributed by atoms with Gasteiger partial charge in [0, 0.05) is 48.8 Å². The first kappa shape index (κ1) is 12.9. The summed E-state index contributed by atoms with van der Waals surface area (Å²) in [6.45, 7) is 6.57. The van der Waals surface area contributed by atoms with Gasteiger partial charge in [-0.3, -0.25) is 4.98 Å². The SMILES string of the molecule is CC(C)NCc1cnccc1N(CC1CC1)C1CC1. The molecular formula is C16H25N3. The Morgan fingerprint density at radius 1 is 1.32 bits per heavy atom. The average Bonchev–Trinajstić information content (AvgIpc) is 3.27. The van der Waals surface area contributed by atoms with Crippen LogP contribution in [0, 0.1) is 5.92 Å². The van der Waals surface area contributed by atoms with E-state index in [9.17, 15) is 0 Å². The van der Waals surface area contributed by atoms with Gasteiger partial charge in [-0.05, 0) is 37.7 Å². The second-order valence-electron chi connectivity index (χ2n) is 6.37. The van der Waals surface area contributed by atoms with E-state index in [1.54, 1.807) is 0 Å². The second kappa shape index (κ2) is 5.49. The van der Waals surface area contributed by atoms with Crippen LogP contribution < -0.4 is 10.2 Å². The van der Waals surface area contributed by atoms with E-state index in [1.165, 1.54) is 43.5 Å². The summed E-state index contributed by atoms with van der Waals surface area (Å²) in [7, 11) is 0. The lowest BCUT2D eigenvalue weighted by Gasteiger charge is -2.27. The third-order valence-corrected chi connectivity index (χ3v) is 4.03. The number of hydrogen-bond acceptors (Lipinski definition) is 3. The fraction of sp³-hybridized carbons (Fsp3) is 0.688. The zero-order valence-corrected chi connectivity index (χ0v) is 12.1. The molecule has 0 amide bonds. The Hall–Kier alpha value is -1.09. The van der Waals surface area contributed by atoms with E-state index >= 15 is 0 Å². The van der Waals surface area contributed by atoms with E-state index in [4.69, 9.17) is 0 Å². The third-order valence-electron chi connectivity index (χ3n) is 4.03. The number of rotatable bonds is 7. The van der Waals surface area contributed by atoms with Crippen LogP contribution in [0.2, 0.25) is 0 Å². The van der Waals surface area contributed by atoms with E-state index in [1.807, 2.05) is 12.4 Å². The van der Waals surface area contributed by atoms with Crippen molar-refractivity contribution in [3.63, 3.8) is 0 Å². The number of pyridine rings is 1. The molecule has 1 aromatic rings. The van der Waals surface area contributed by atoms with Crippen LogP contribution in [-0.4, -0.2) is 23.6 Å². The summed E-state index contributed by atoms with van der Waals surface area (Å²) in [5.41, 5.74) is 2.77. The van der Waals surface area contributed by atoms with Crippen LogP contribution in [0.25, 0.3) is 0 Å². The highest BCUT2D eigenvalue weighted by molar-refractivity contribution is 5.54. The van der Waals surface area contributed by atoms with Gasteiger partial charge in [-0.15, -0.1) is 0 Å². The van der Waals surface area contributed by atoms with Crippen molar-refractivity contribution in [2.24, 2.45) is 5.92 Å². The molecule has 3 rings (SSSR count). The molecule has 1 aromatic heterocycles. The summed E-state index contributed by atoms with van der Waals surface area (Å²) in [6, 6.07) is 3.52. The Morgan fingerprint density at radius 2 is 2.11 bits per heavy atom. The average molecular weight is 259 g/mol. The molecule has 2 aliphatic carbocycles. The van der Waals surface area contributed by atoms with Gasteiger partial charge < -0.3 is 10.2 Å². The number of anilines is 1. The highest BCUT2D eigenvalue weighted by Gasteiger charge is 2.34. The molecule has 2 fully saturated rings. The van der Waals surface area contributed by atoms with Gasteiger partial charge >= 0.3 is 0 Å². The maximum atomic E-state index is 4.31. The summed E-state index contributed by atoms with van der Waals surface area (Å²) in [5, 5.41) is 3.52. The van der Waals surface area contributed by atoms with Gasteiger partial charge in [0.15, 0.2) is 0 Å². The Kier molecular flexibility index (Phi) is 3.74. The van der Waals surface area contributed by atoms with Crippen molar-refractivity contribution in [1.82, 2.24) is 10.3 Å². The van der Waals surface area contributed by atoms with Crippen LogP contribution in [0.3, 0.4) is 0 Å². The molecule has 0 spiro atoms. The van der Waals surface area contributed by atoms with Crippen LogP contribution in [0.5, 0.6) is 0 Å². The summed E-state index contributed by atoms with van der Waals surface area (Å²) >= 11 is 0. The molecule has 2 aliphatic rings. The predicted octanol–water partition coefficient (Wildman–Crippen LogP) is 2.96. The van der Waals surface area contributed by atoms with Crippen LogP contribution in [0.4, 0.5) is 5.69 Å². The van der Waals surface area contributed by atoms with Gasteiger partial charge in [-0.25, -0.2) is 0 Å². The van der Waals surface area contributed by atoms with Crippen LogP contribution in [0.15, 0.2) is 18.5 Å². The minimum atomic E-state index is 0.519. The van der Waals surface area contributed by atoms with Crippen LogP contribution >= 0.6 is 0 Å². The summed E-state index contributed by atoms with van der Waals surface area (Å²) in [6.07, 6.45) is 9.56. The lowest BCUT2D eigenvalue weighted by molar-refractivity contribution is 0.585. The van der Waals surface area contributed by atoms with Crippen molar-refractivity contribution in [2.75, 3.05) is 11.4 Å². The number of nitrogens with one attached hydrogen (secondary N) is 1. The van der Waals surface area contributed by atoms with E-state index in [0.717, 1.165) is 18.5 Å². The molecule has 0 aliphatic heterocycles. The minimum absolute atomic E-state index is 0.519. The molecule has 3 nitrogen and oxygen atoms in total. The molecule has 0 saturated heterocycles. The molecule has 1 N–H and O–H groups in total. The smallest absolute Gasteiger partial charge is 0.0445 e. The third kappa shape index (κ3) is 3.47. The fourth-order valence-electron chi connectivity index (χ4n) is 2.56. The van der Waals surface area contributed by atoms with E-state index in [0.29, 0.717) is 6.04 Å². The Morgan fingerprint density at radius 3 is 2.74 bits per heavy atom. The number of nitrogens with zero attached hydrogens (tertiary/aromatic N) is 2. The van der Waals surface area contributed by atoms with Gasteiger partial charge in [0.05, 0.1) is 0 Å². The molecule has 1 heterocycles. The van der Waals surface area contributed by atoms with Gasteiger partial charge in [-0.2, -0.15) is 0 Å². The van der Waals surface area contributed by atoms with E-state index in [2.05, 4.69) is 35.1 Å². The minimum Gasteiger partial charge on any atom is -0.368 e. The molecular weight excluding hydrogens is 234 g/mol. The molecule has 2 saturated carbocycles. The first-order valence-corrected chi connectivity index (χ1v) is 7.67. The largest absolute Gasteiger partial charge is 0.368 e. The van der Waals surface area contributed by atoms with Crippen molar-refractivity contribution in [2.45, 2.75) is 58.2 Å². The van der Waals surface area contributed by atoms with Gasteiger partial charge in [-0.1, -0.05) is 13.8 Å². The number of hydrogen-bond donors (Lipinski definition) is 1. The highest BCUT2D eigenvalue weighted by atomic mass is 15.2. The Bertz CT molecular complexity index is 422. The fourth-order valence-corrected chi connectivity index (χ4v) is 2.56. The Balaban J connectivity index is 1.76. The molecule has 0 bridgehead atoms. The van der Waals surface area contributed by atoms with Crippen molar-refractivity contribution in [3.05, 3.63) is 24.0 Å². The molecule has 0 atom stereocenters. The van der Waals surface area contributed by atoms with E-state index in [-0.39, 0.29) is 0 Å². The van der Waals surface area contributed by atoms with Crippen LogP contribution in [-0.2, 0) is 6.54 Å². The topological polar surface area (TPSA) is 28.2 Å². The quantitative estimate of drug-likeness (QED) is 0.816. The first-order valence-electron chi connectivity index (χ1n) is 7.67. The summed E-state index contributed by atoms with van der Waals surface area (Å²) in [4.78, 5) is 6.96. The standard InChI is InChI=1S/C16H25N3/c1-12(2)18-10-14-9-17-8-7-16(14)19(15-5-6-15)11-13-3-4-13/h7-9,12-13,15,18H,3-6,10-11H2,1-2H3. The van der Waals surface area contributed by atoms with Gasteiger partial charge in [0.25, 0.3) is 0 Å².